The Labute approximate surface area is 108 Å². The summed E-state index contributed by atoms with van der Waals surface area (Å²) in [7, 11) is 0. The van der Waals surface area contributed by atoms with E-state index in [0.29, 0.717) is 0 Å². The van der Waals surface area contributed by atoms with Crippen molar-refractivity contribution in [2.24, 2.45) is 0 Å². The van der Waals surface area contributed by atoms with Crippen LogP contribution in [0.2, 0.25) is 0 Å². The third-order valence-corrected chi connectivity index (χ3v) is 2.85. The van der Waals surface area contributed by atoms with E-state index in [-0.39, 0.29) is 0 Å². The Morgan fingerprint density at radius 3 is 2.11 bits per heavy atom. The third-order valence-electron chi connectivity index (χ3n) is 2.85. The van der Waals surface area contributed by atoms with Crippen LogP contribution in [0.1, 0.15) is 17.5 Å². The number of pyridine rings is 1. The van der Waals surface area contributed by atoms with Crippen molar-refractivity contribution in [3.8, 4) is 0 Å². The SMILES string of the molecule is [NH3+]CCC[n+]1ccc(/C=C/c2ccccc2)cc1. The van der Waals surface area contributed by atoms with Crippen LogP contribution in [0.3, 0.4) is 0 Å². The van der Waals surface area contributed by atoms with Gasteiger partial charge < -0.3 is 5.73 Å². The van der Waals surface area contributed by atoms with E-state index in [9.17, 15) is 0 Å². The minimum Gasteiger partial charge on any atom is -0.357 e. The molecule has 0 amide bonds. The van der Waals surface area contributed by atoms with Crippen molar-refractivity contribution < 1.29 is 10.3 Å². The lowest BCUT2D eigenvalue weighted by atomic mass is 10.1. The summed E-state index contributed by atoms with van der Waals surface area (Å²) in [6.45, 7) is 2.04. The maximum Gasteiger partial charge on any atom is 0.169 e. The molecule has 0 aliphatic carbocycles. The Bertz CT molecular complexity index is 486. The van der Waals surface area contributed by atoms with Gasteiger partial charge in [0.2, 0.25) is 0 Å². The van der Waals surface area contributed by atoms with Crippen LogP contribution in [-0.4, -0.2) is 6.54 Å². The normalized spacial score (nSPS) is 10.9. The zero-order valence-corrected chi connectivity index (χ0v) is 10.6. The molecule has 0 aliphatic rings. The Morgan fingerprint density at radius 1 is 0.889 bits per heavy atom. The highest BCUT2D eigenvalue weighted by molar-refractivity contribution is 5.68. The van der Waals surface area contributed by atoms with Gasteiger partial charge in [0.1, 0.15) is 0 Å². The minimum absolute atomic E-state index is 0.989. The Balaban J connectivity index is 2.00. The molecule has 0 fully saturated rings. The van der Waals surface area contributed by atoms with Crippen molar-refractivity contribution in [2.45, 2.75) is 13.0 Å². The van der Waals surface area contributed by atoms with Gasteiger partial charge >= 0.3 is 0 Å². The maximum atomic E-state index is 3.86. The van der Waals surface area contributed by atoms with E-state index >= 15 is 0 Å². The number of rotatable bonds is 5. The summed E-state index contributed by atoms with van der Waals surface area (Å²) in [5.74, 6) is 0. The fraction of sp³-hybridized carbons (Fsp3) is 0.188. The molecule has 0 aliphatic heterocycles. The number of aromatic nitrogens is 1. The Kier molecular flexibility index (Phi) is 4.68. The van der Waals surface area contributed by atoms with Crippen molar-refractivity contribution in [2.75, 3.05) is 6.54 Å². The van der Waals surface area contributed by atoms with Gasteiger partial charge in [-0.2, -0.15) is 0 Å². The predicted molar refractivity (Wildman–Crippen MR) is 74.4 cm³/mol. The lowest BCUT2D eigenvalue weighted by molar-refractivity contribution is -0.699. The van der Waals surface area contributed by atoms with Gasteiger partial charge in [-0.1, -0.05) is 42.5 Å². The third kappa shape index (κ3) is 3.82. The molecule has 0 atom stereocenters. The molecule has 1 heterocycles. The Hall–Kier alpha value is -1.93. The van der Waals surface area contributed by atoms with Crippen molar-refractivity contribution in [1.29, 1.82) is 0 Å². The standard InChI is InChI=1S/C16H19N2/c17-11-4-12-18-13-9-16(10-14-18)8-7-15-5-2-1-3-6-15/h1-3,5-10,13-14H,4,11-12,17H2/q+1/p+1/b8-7+. The highest BCUT2D eigenvalue weighted by Gasteiger charge is 1.98. The zero-order valence-electron chi connectivity index (χ0n) is 10.6. The molecule has 1 aromatic carbocycles. The topological polar surface area (TPSA) is 31.5 Å². The van der Waals surface area contributed by atoms with Crippen molar-refractivity contribution in [1.82, 2.24) is 0 Å². The average molecular weight is 240 g/mol. The van der Waals surface area contributed by atoms with Gasteiger partial charge in [-0.15, -0.1) is 0 Å². The number of benzene rings is 1. The lowest BCUT2D eigenvalue weighted by Crippen LogP contribution is -2.51. The van der Waals surface area contributed by atoms with Crippen molar-refractivity contribution >= 4 is 12.2 Å². The molecule has 0 radical (unpaired) electrons. The first-order valence-corrected chi connectivity index (χ1v) is 6.40. The summed E-state index contributed by atoms with van der Waals surface area (Å²) in [4.78, 5) is 0. The van der Waals surface area contributed by atoms with Gasteiger partial charge in [-0.3, -0.25) is 0 Å². The second-order valence-corrected chi connectivity index (χ2v) is 4.32. The molecule has 1 aromatic heterocycles. The molecule has 18 heavy (non-hydrogen) atoms. The lowest BCUT2D eigenvalue weighted by Gasteiger charge is -1.96. The highest BCUT2D eigenvalue weighted by Crippen LogP contribution is 2.06. The number of nitrogens with zero attached hydrogens (tertiary/aromatic N) is 1. The maximum absolute atomic E-state index is 3.86. The molecule has 2 aromatic rings. The highest BCUT2D eigenvalue weighted by atomic mass is 14.9. The van der Waals surface area contributed by atoms with Crippen LogP contribution in [0.15, 0.2) is 54.9 Å². The van der Waals surface area contributed by atoms with Gasteiger partial charge in [-0.25, -0.2) is 4.57 Å². The van der Waals surface area contributed by atoms with E-state index in [1.807, 2.05) is 6.07 Å². The Morgan fingerprint density at radius 2 is 1.50 bits per heavy atom. The molecule has 0 spiro atoms. The van der Waals surface area contributed by atoms with Crippen LogP contribution in [0.5, 0.6) is 0 Å². The number of quaternary nitrogens is 1. The number of hydrogen-bond acceptors (Lipinski definition) is 0. The first kappa shape index (κ1) is 12.5. The molecule has 0 bridgehead atoms. The summed E-state index contributed by atoms with van der Waals surface area (Å²) in [6.07, 6.45) is 9.65. The summed E-state index contributed by atoms with van der Waals surface area (Å²) in [5.41, 5.74) is 6.31. The molecule has 2 rings (SSSR count). The molecule has 2 heteroatoms. The van der Waals surface area contributed by atoms with E-state index in [0.717, 1.165) is 19.5 Å². The summed E-state index contributed by atoms with van der Waals surface area (Å²) in [6, 6.07) is 14.6. The van der Waals surface area contributed by atoms with E-state index < -0.39 is 0 Å². The first-order valence-electron chi connectivity index (χ1n) is 6.40. The predicted octanol–water partition coefficient (Wildman–Crippen LogP) is 1.78. The molecule has 0 saturated carbocycles. The van der Waals surface area contributed by atoms with Crippen molar-refractivity contribution in [3.05, 3.63) is 66.0 Å². The van der Waals surface area contributed by atoms with Gasteiger partial charge in [0.15, 0.2) is 18.9 Å². The van der Waals surface area contributed by atoms with Gasteiger partial charge in [0, 0.05) is 12.1 Å². The van der Waals surface area contributed by atoms with Crippen LogP contribution in [0, 0.1) is 0 Å². The largest absolute Gasteiger partial charge is 0.357 e. The first-order chi connectivity index (χ1) is 8.88. The van der Waals surface area contributed by atoms with Gasteiger partial charge in [-0.05, 0) is 11.1 Å². The van der Waals surface area contributed by atoms with Gasteiger partial charge in [0.05, 0.1) is 13.0 Å². The van der Waals surface area contributed by atoms with Gasteiger partial charge in [0.25, 0.3) is 0 Å². The monoisotopic (exact) mass is 240 g/mol. The van der Waals surface area contributed by atoms with Crippen LogP contribution >= 0.6 is 0 Å². The minimum atomic E-state index is 0.989. The van der Waals surface area contributed by atoms with Crippen molar-refractivity contribution in [3.63, 3.8) is 0 Å². The molecule has 3 N–H and O–H groups in total. The van der Waals surface area contributed by atoms with E-state index in [4.69, 9.17) is 0 Å². The second-order valence-electron chi connectivity index (χ2n) is 4.32. The zero-order chi connectivity index (χ0) is 12.6. The van der Waals surface area contributed by atoms with Crippen LogP contribution in [0.25, 0.3) is 12.2 Å². The second kappa shape index (κ2) is 6.72. The fourth-order valence-corrected chi connectivity index (χ4v) is 1.78. The number of aryl methyl sites for hydroxylation is 1. The number of hydrogen-bond donors (Lipinski definition) is 1. The molecule has 2 nitrogen and oxygen atoms in total. The molecular formula is C16H20N2+2. The summed E-state index contributed by atoms with van der Waals surface area (Å²) < 4.78 is 2.20. The summed E-state index contributed by atoms with van der Waals surface area (Å²) >= 11 is 0. The fourth-order valence-electron chi connectivity index (χ4n) is 1.78. The molecular weight excluding hydrogens is 220 g/mol. The van der Waals surface area contributed by atoms with E-state index in [2.05, 4.69) is 71.2 Å². The van der Waals surface area contributed by atoms with Crippen LogP contribution < -0.4 is 10.3 Å². The average Bonchev–Trinajstić information content (AvgIpc) is 2.45. The smallest absolute Gasteiger partial charge is 0.169 e. The van der Waals surface area contributed by atoms with E-state index in [1.54, 1.807) is 0 Å². The quantitative estimate of drug-likeness (QED) is 0.773. The molecule has 0 saturated heterocycles. The van der Waals surface area contributed by atoms with E-state index in [1.165, 1.54) is 11.1 Å². The molecule has 92 valence electrons. The summed E-state index contributed by atoms with van der Waals surface area (Å²) in [5, 5.41) is 0. The van der Waals surface area contributed by atoms with Crippen LogP contribution in [0.4, 0.5) is 0 Å². The van der Waals surface area contributed by atoms with Crippen LogP contribution in [-0.2, 0) is 6.54 Å². The molecule has 0 unspecified atom stereocenters.